The van der Waals surface area contributed by atoms with E-state index in [9.17, 15) is 17.6 Å². The Morgan fingerprint density at radius 3 is 2.20 bits per heavy atom. The van der Waals surface area contributed by atoms with Gasteiger partial charge in [0.05, 0.1) is 17.1 Å². The first kappa shape index (κ1) is 19.1. The molecule has 0 spiro atoms. The lowest BCUT2D eigenvalue weighted by atomic mass is 10.1. The van der Waals surface area contributed by atoms with Crippen LogP contribution in [0.25, 0.3) is 0 Å². The maximum Gasteiger partial charge on any atom is 0.243 e. The lowest BCUT2D eigenvalue weighted by molar-refractivity contribution is 0.101. The van der Waals surface area contributed by atoms with Crippen molar-refractivity contribution in [3.05, 3.63) is 59.9 Å². The van der Waals surface area contributed by atoms with Gasteiger partial charge >= 0.3 is 0 Å². The number of Topliss-reactive ketones (excluding diaryl/α,β-unsaturated/α-hetero) is 1. The van der Waals surface area contributed by atoms with Crippen molar-refractivity contribution in [1.29, 1.82) is 0 Å². The highest BCUT2D eigenvalue weighted by Gasteiger charge is 2.21. The number of carbonyl (C=O) groups excluding carboxylic acids is 1. The molecule has 2 aromatic rings. The largest absolute Gasteiger partial charge is 0.375 e. The third-order valence-electron chi connectivity index (χ3n) is 3.83. The maximum atomic E-state index is 13.5. The van der Waals surface area contributed by atoms with E-state index < -0.39 is 15.8 Å². The van der Waals surface area contributed by atoms with Gasteiger partial charge in [-0.1, -0.05) is 26.0 Å². The highest BCUT2D eigenvalue weighted by molar-refractivity contribution is 7.89. The lowest BCUT2D eigenvalue weighted by Gasteiger charge is -2.18. The summed E-state index contributed by atoms with van der Waals surface area (Å²) in [6.45, 7) is 4.22. The smallest absolute Gasteiger partial charge is 0.243 e. The van der Waals surface area contributed by atoms with Crippen molar-refractivity contribution >= 4 is 21.5 Å². The Labute approximate surface area is 147 Å². The fraction of sp³-hybridized carbons (Fsp3) is 0.278. The molecule has 0 heterocycles. The fourth-order valence-corrected chi connectivity index (χ4v) is 3.87. The summed E-state index contributed by atoms with van der Waals surface area (Å²) in [6, 6.07) is 11.9. The summed E-state index contributed by atoms with van der Waals surface area (Å²) in [5.41, 5.74) is 0.610. The van der Waals surface area contributed by atoms with E-state index in [0.717, 1.165) is 0 Å². The summed E-state index contributed by atoms with van der Waals surface area (Å²) < 4.78 is 39.7. The Balaban J connectivity index is 2.09. The number of nitrogens with one attached hydrogen (secondary N) is 1. The van der Waals surface area contributed by atoms with Gasteiger partial charge in [0.25, 0.3) is 0 Å². The first-order chi connectivity index (χ1) is 11.9. The molecule has 0 aromatic heterocycles. The molecule has 7 heteroatoms. The van der Waals surface area contributed by atoms with Crippen LogP contribution in [0.4, 0.5) is 10.1 Å². The molecule has 0 saturated carbocycles. The molecule has 1 N–H and O–H groups in total. The van der Waals surface area contributed by atoms with E-state index in [1.54, 1.807) is 32.0 Å². The van der Waals surface area contributed by atoms with Gasteiger partial charge in [-0.05, 0) is 36.4 Å². The summed E-state index contributed by atoms with van der Waals surface area (Å²) in [5, 5.41) is 2.74. The van der Waals surface area contributed by atoms with Crippen molar-refractivity contribution in [2.75, 3.05) is 25.0 Å². The SMILES string of the molecule is CCN(CC)S(=O)(=O)c1ccc(C(=O)CNc2ccccc2F)cc1. The van der Waals surface area contributed by atoms with Crippen LogP contribution >= 0.6 is 0 Å². The highest BCUT2D eigenvalue weighted by atomic mass is 32.2. The predicted molar refractivity (Wildman–Crippen MR) is 95.8 cm³/mol. The second-order valence-electron chi connectivity index (χ2n) is 5.37. The van der Waals surface area contributed by atoms with E-state index in [-0.39, 0.29) is 22.9 Å². The summed E-state index contributed by atoms with van der Waals surface area (Å²) in [5.74, 6) is -0.689. The summed E-state index contributed by atoms with van der Waals surface area (Å²) in [4.78, 5) is 12.3. The molecule has 0 aliphatic rings. The van der Waals surface area contributed by atoms with Gasteiger partial charge in [-0.25, -0.2) is 12.8 Å². The van der Waals surface area contributed by atoms with Gasteiger partial charge in [-0.2, -0.15) is 4.31 Å². The molecule has 0 atom stereocenters. The second kappa shape index (κ2) is 8.22. The number of hydrogen-bond acceptors (Lipinski definition) is 4. The second-order valence-corrected chi connectivity index (χ2v) is 7.31. The Bertz CT molecular complexity index is 832. The Kier molecular flexibility index (Phi) is 6.27. The van der Waals surface area contributed by atoms with Gasteiger partial charge in [0.2, 0.25) is 10.0 Å². The fourth-order valence-electron chi connectivity index (χ4n) is 2.41. The zero-order valence-corrected chi connectivity index (χ0v) is 15.0. The number of para-hydroxylation sites is 1. The molecule has 0 aliphatic heterocycles. The van der Waals surface area contributed by atoms with Gasteiger partial charge < -0.3 is 5.32 Å². The minimum Gasteiger partial charge on any atom is -0.375 e. The minimum absolute atomic E-state index is 0.0803. The summed E-state index contributed by atoms with van der Waals surface area (Å²) >= 11 is 0. The lowest BCUT2D eigenvalue weighted by Crippen LogP contribution is -2.30. The van der Waals surface area contributed by atoms with E-state index >= 15 is 0 Å². The van der Waals surface area contributed by atoms with Gasteiger partial charge in [0, 0.05) is 18.7 Å². The van der Waals surface area contributed by atoms with Crippen molar-refractivity contribution in [2.45, 2.75) is 18.7 Å². The molecular formula is C18H21FN2O3S. The first-order valence-electron chi connectivity index (χ1n) is 8.02. The predicted octanol–water partition coefficient (Wildman–Crippen LogP) is 3.15. The molecule has 5 nitrogen and oxygen atoms in total. The van der Waals surface area contributed by atoms with Crippen molar-refractivity contribution in [2.24, 2.45) is 0 Å². The zero-order chi connectivity index (χ0) is 18.4. The van der Waals surface area contributed by atoms with Crippen LogP contribution in [0.1, 0.15) is 24.2 Å². The molecule has 0 fully saturated rings. The van der Waals surface area contributed by atoms with Crippen LogP contribution in [-0.4, -0.2) is 38.1 Å². The molecular weight excluding hydrogens is 343 g/mol. The highest BCUT2D eigenvalue weighted by Crippen LogP contribution is 2.17. The van der Waals surface area contributed by atoms with Crippen LogP contribution in [0, 0.1) is 5.82 Å². The van der Waals surface area contributed by atoms with Crippen molar-refractivity contribution < 1.29 is 17.6 Å². The normalized spacial score (nSPS) is 11.5. The molecule has 0 saturated heterocycles. The first-order valence-corrected chi connectivity index (χ1v) is 9.46. The standard InChI is InChI=1S/C18H21FN2O3S/c1-3-21(4-2)25(23,24)15-11-9-14(10-12-15)18(22)13-20-17-8-6-5-7-16(17)19/h5-12,20H,3-4,13H2,1-2H3. The average molecular weight is 364 g/mol. The zero-order valence-electron chi connectivity index (χ0n) is 14.2. The average Bonchev–Trinajstić information content (AvgIpc) is 2.61. The quantitative estimate of drug-likeness (QED) is 0.731. The molecule has 134 valence electrons. The number of nitrogens with zero attached hydrogens (tertiary/aromatic N) is 1. The monoisotopic (exact) mass is 364 g/mol. The van der Waals surface area contributed by atoms with Crippen LogP contribution in [0.3, 0.4) is 0 Å². The van der Waals surface area contributed by atoms with Crippen LogP contribution in [0.5, 0.6) is 0 Å². The molecule has 25 heavy (non-hydrogen) atoms. The molecule has 2 aromatic carbocycles. The van der Waals surface area contributed by atoms with Gasteiger partial charge in [-0.3, -0.25) is 4.79 Å². The van der Waals surface area contributed by atoms with Gasteiger partial charge in [0.1, 0.15) is 5.82 Å². The van der Waals surface area contributed by atoms with E-state index in [1.165, 1.54) is 34.6 Å². The number of rotatable bonds is 8. The number of ketones is 1. The summed E-state index contributed by atoms with van der Waals surface area (Å²) in [7, 11) is -3.55. The molecule has 2 rings (SSSR count). The van der Waals surface area contributed by atoms with E-state index in [2.05, 4.69) is 5.32 Å². The Hall–Kier alpha value is -2.25. The van der Waals surface area contributed by atoms with Crippen molar-refractivity contribution in [1.82, 2.24) is 4.31 Å². The van der Waals surface area contributed by atoms with Crippen LogP contribution < -0.4 is 5.32 Å². The molecule has 0 radical (unpaired) electrons. The summed E-state index contributed by atoms with van der Waals surface area (Å²) in [6.07, 6.45) is 0. The Morgan fingerprint density at radius 1 is 1.04 bits per heavy atom. The van der Waals surface area contributed by atoms with E-state index in [4.69, 9.17) is 0 Å². The topological polar surface area (TPSA) is 66.5 Å². The Morgan fingerprint density at radius 2 is 1.64 bits per heavy atom. The number of halogens is 1. The van der Waals surface area contributed by atoms with Gasteiger partial charge in [-0.15, -0.1) is 0 Å². The number of sulfonamides is 1. The van der Waals surface area contributed by atoms with Crippen LogP contribution in [0.2, 0.25) is 0 Å². The number of benzene rings is 2. The molecule has 0 unspecified atom stereocenters. The van der Waals surface area contributed by atoms with E-state index in [1.807, 2.05) is 0 Å². The van der Waals surface area contributed by atoms with Gasteiger partial charge in [0.15, 0.2) is 5.78 Å². The third-order valence-corrected chi connectivity index (χ3v) is 5.90. The third kappa shape index (κ3) is 4.43. The van der Waals surface area contributed by atoms with Crippen LogP contribution in [-0.2, 0) is 10.0 Å². The number of carbonyl (C=O) groups is 1. The van der Waals surface area contributed by atoms with E-state index in [0.29, 0.717) is 18.7 Å². The molecule has 0 bridgehead atoms. The van der Waals surface area contributed by atoms with Crippen molar-refractivity contribution in [3.8, 4) is 0 Å². The molecule has 0 amide bonds. The number of hydrogen-bond donors (Lipinski definition) is 1. The van der Waals surface area contributed by atoms with Crippen molar-refractivity contribution in [3.63, 3.8) is 0 Å². The maximum absolute atomic E-state index is 13.5. The minimum atomic E-state index is -3.55. The number of anilines is 1. The molecule has 0 aliphatic carbocycles. The van der Waals surface area contributed by atoms with Crippen LogP contribution in [0.15, 0.2) is 53.4 Å².